The third-order valence-electron chi connectivity index (χ3n) is 4.63. The van der Waals surface area contributed by atoms with Crippen molar-refractivity contribution >= 4 is 46.0 Å². The van der Waals surface area contributed by atoms with E-state index >= 15 is 0 Å². The number of benzene rings is 3. The van der Waals surface area contributed by atoms with Crippen molar-refractivity contribution < 1.29 is 14.3 Å². The summed E-state index contributed by atoms with van der Waals surface area (Å²) in [6.07, 6.45) is 1.65. The number of H-pyrrole nitrogens is 1. The molecule has 0 atom stereocenters. The van der Waals surface area contributed by atoms with Gasteiger partial charge >= 0.3 is 5.97 Å². The van der Waals surface area contributed by atoms with Gasteiger partial charge in [-0.1, -0.05) is 41.9 Å². The van der Waals surface area contributed by atoms with Crippen molar-refractivity contribution in [2.45, 2.75) is 10.6 Å². The molecular formula is C24H18ClNO3S. The number of halogens is 1. The molecule has 1 heterocycles. The molecule has 0 fully saturated rings. The fraction of sp³-hybridized carbons (Fsp3) is 0.0833. The molecule has 0 aliphatic carbocycles. The third-order valence-corrected chi connectivity index (χ3v) is 5.97. The van der Waals surface area contributed by atoms with Crippen molar-refractivity contribution in [1.29, 1.82) is 0 Å². The maximum atomic E-state index is 12.4. The number of carbonyl (C=O) groups is 2. The van der Waals surface area contributed by atoms with Crippen LogP contribution < -0.4 is 0 Å². The smallest absolute Gasteiger partial charge is 0.338 e. The maximum absolute atomic E-state index is 12.4. The minimum absolute atomic E-state index is 0.239. The van der Waals surface area contributed by atoms with E-state index in [2.05, 4.69) is 4.98 Å². The van der Waals surface area contributed by atoms with Gasteiger partial charge in [0.2, 0.25) is 5.78 Å². The molecule has 0 amide bonds. The van der Waals surface area contributed by atoms with Crippen molar-refractivity contribution in [3.63, 3.8) is 0 Å². The van der Waals surface area contributed by atoms with Crippen LogP contribution in [0, 0.1) is 0 Å². The zero-order valence-corrected chi connectivity index (χ0v) is 17.5. The largest absolute Gasteiger partial charge is 0.454 e. The van der Waals surface area contributed by atoms with Crippen LogP contribution in [0.15, 0.2) is 83.9 Å². The molecule has 1 N–H and O–H groups in total. The number of aromatic amines is 1. The highest BCUT2D eigenvalue weighted by molar-refractivity contribution is 7.98. The Morgan fingerprint density at radius 2 is 1.67 bits per heavy atom. The molecular weight excluding hydrogens is 418 g/mol. The van der Waals surface area contributed by atoms with Gasteiger partial charge in [-0.3, -0.25) is 4.79 Å². The number of nitrogens with one attached hydrogen (secondary N) is 1. The molecule has 0 spiro atoms. The van der Waals surface area contributed by atoms with Crippen LogP contribution in [0.1, 0.15) is 26.3 Å². The molecule has 6 heteroatoms. The molecule has 30 heavy (non-hydrogen) atoms. The van der Waals surface area contributed by atoms with Crippen LogP contribution in [0.4, 0.5) is 0 Å². The molecule has 0 unspecified atom stereocenters. The number of aromatic nitrogens is 1. The minimum atomic E-state index is -0.514. The van der Waals surface area contributed by atoms with Crippen LogP contribution >= 0.6 is 23.4 Å². The van der Waals surface area contributed by atoms with Gasteiger partial charge < -0.3 is 9.72 Å². The Morgan fingerprint density at radius 1 is 0.933 bits per heavy atom. The lowest BCUT2D eigenvalue weighted by Crippen LogP contribution is -2.14. The Labute approximate surface area is 183 Å². The molecule has 0 aliphatic rings. The molecule has 0 radical (unpaired) electrons. The van der Waals surface area contributed by atoms with Gasteiger partial charge in [0.15, 0.2) is 6.61 Å². The minimum Gasteiger partial charge on any atom is -0.454 e. The third kappa shape index (κ3) is 4.75. The number of ether oxygens (including phenoxy) is 1. The molecule has 4 nitrogen and oxygen atoms in total. The summed E-state index contributed by atoms with van der Waals surface area (Å²) in [6, 6.07) is 22.4. The van der Waals surface area contributed by atoms with Crippen LogP contribution in [-0.4, -0.2) is 23.3 Å². The number of esters is 1. The van der Waals surface area contributed by atoms with Crippen LogP contribution in [0.25, 0.3) is 10.9 Å². The number of hydrogen-bond donors (Lipinski definition) is 1. The van der Waals surface area contributed by atoms with E-state index in [0.717, 1.165) is 27.1 Å². The summed E-state index contributed by atoms with van der Waals surface area (Å²) in [6.45, 7) is -0.297. The number of hydrogen-bond acceptors (Lipinski definition) is 4. The van der Waals surface area contributed by atoms with Crippen molar-refractivity contribution in [2.75, 3.05) is 6.61 Å². The summed E-state index contributed by atoms with van der Waals surface area (Å²) in [4.78, 5) is 28.9. The van der Waals surface area contributed by atoms with Gasteiger partial charge in [-0.2, -0.15) is 0 Å². The second kappa shape index (κ2) is 9.20. The number of Topliss-reactive ketones (excluding diaryl/α,β-unsaturated/α-hetero) is 1. The van der Waals surface area contributed by atoms with Gasteiger partial charge in [-0.25, -0.2) is 4.79 Å². The lowest BCUT2D eigenvalue weighted by molar-refractivity contribution is 0.0475. The molecule has 0 saturated heterocycles. The first-order valence-electron chi connectivity index (χ1n) is 9.34. The van der Waals surface area contributed by atoms with Gasteiger partial charge in [0, 0.05) is 38.3 Å². The quantitative estimate of drug-likeness (QED) is 0.215. The summed E-state index contributed by atoms with van der Waals surface area (Å²) in [5.74, 6) is 0.0209. The first kappa shape index (κ1) is 20.3. The van der Waals surface area contributed by atoms with Crippen molar-refractivity contribution in [3.8, 4) is 0 Å². The standard InChI is InChI=1S/C24H18ClNO3S/c25-18-9-11-19(12-10-18)30-15-16-5-7-17(8-6-16)24(28)29-14-23(27)21-13-26-22-4-2-1-3-20(21)22/h1-13,26H,14-15H2. The Kier molecular flexibility index (Phi) is 6.21. The lowest BCUT2D eigenvalue weighted by atomic mass is 10.1. The highest BCUT2D eigenvalue weighted by Gasteiger charge is 2.15. The fourth-order valence-electron chi connectivity index (χ4n) is 3.03. The van der Waals surface area contributed by atoms with Crippen molar-refractivity contribution in [2.24, 2.45) is 0 Å². The van der Waals surface area contributed by atoms with E-state index in [1.165, 1.54) is 0 Å². The normalized spacial score (nSPS) is 10.8. The Bertz CT molecular complexity index is 1180. The predicted molar refractivity (Wildman–Crippen MR) is 120 cm³/mol. The van der Waals surface area contributed by atoms with E-state index < -0.39 is 5.97 Å². The Morgan fingerprint density at radius 3 is 2.43 bits per heavy atom. The number of carbonyl (C=O) groups excluding carboxylic acids is 2. The summed E-state index contributed by atoms with van der Waals surface area (Å²) >= 11 is 7.59. The average Bonchev–Trinajstić information content (AvgIpc) is 3.21. The highest BCUT2D eigenvalue weighted by Crippen LogP contribution is 2.24. The Hall–Kier alpha value is -3.02. The van der Waals surface area contributed by atoms with E-state index in [-0.39, 0.29) is 12.4 Å². The van der Waals surface area contributed by atoms with Gasteiger partial charge in [0.05, 0.1) is 5.56 Å². The van der Waals surface area contributed by atoms with Gasteiger partial charge in [-0.15, -0.1) is 11.8 Å². The van der Waals surface area contributed by atoms with Crippen molar-refractivity contribution in [3.05, 3.63) is 101 Å². The monoisotopic (exact) mass is 435 g/mol. The number of thioether (sulfide) groups is 1. The highest BCUT2D eigenvalue weighted by atomic mass is 35.5. The average molecular weight is 436 g/mol. The summed E-state index contributed by atoms with van der Waals surface area (Å²) < 4.78 is 5.22. The zero-order valence-electron chi connectivity index (χ0n) is 15.9. The molecule has 0 aliphatic heterocycles. The number of fused-ring (bicyclic) bond motifs is 1. The van der Waals surface area contributed by atoms with E-state index in [9.17, 15) is 9.59 Å². The predicted octanol–water partition coefficient (Wildman–Crippen LogP) is 6.15. The molecule has 3 aromatic carbocycles. The summed E-state index contributed by atoms with van der Waals surface area (Å²) in [7, 11) is 0. The topological polar surface area (TPSA) is 59.2 Å². The molecule has 0 bridgehead atoms. The van der Waals surface area contributed by atoms with Crippen LogP contribution in [0.2, 0.25) is 5.02 Å². The van der Waals surface area contributed by atoms with E-state index in [1.54, 1.807) is 30.1 Å². The van der Waals surface area contributed by atoms with Crippen LogP contribution in [0.3, 0.4) is 0 Å². The number of ketones is 1. The SMILES string of the molecule is O=C(OCC(=O)c1c[nH]c2ccccc12)c1ccc(CSc2ccc(Cl)cc2)cc1. The molecule has 150 valence electrons. The molecule has 0 saturated carbocycles. The van der Waals surface area contributed by atoms with Crippen LogP contribution in [-0.2, 0) is 10.5 Å². The Balaban J connectivity index is 1.32. The van der Waals surface area contributed by atoms with Crippen molar-refractivity contribution in [1.82, 2.24) is 4.98 Å². The molecule has 4 rings (SSSR count). The van der Waals surface area contributed by atoms with E-state index in [0.29, 0.717) is 16.1 Å². The molecule has 1 aromatic heterocycles. The summed E-state index contributed by atoms with van der Waals surface area (Å²) in [5.41, 5.74) is 2.90. The van der Waals surface area contributed by atoms with E-state index in [1.807, 2.05) is 60.7 Å². The first-order chi connectivity index (χ1) is 14.6. The summed E-state index contributed by atoms with van der Waals surface area (Å²) in [5, 5.41) is 1.53. The maximum Gasteiger partial charge on any atom is 0.338 e. The van der Waals surface area contributed by atoms with Gasteiger partial charge in [-0.05, 0) is 48.0 Å². The number of para-hydroxylation sites is 1. The molecule has 4 aromatic rings. The van der Waals surface area contributed by atoms with Gasteiger partial charge in [0.25, 0.3) is 0 Å². The van der Waals surface area contributed by atoms with E-state index in [4.69, 9.17) is 16.3 Å². The second-order valence-electron chi connectivity index (χ2n) is 6.69. The first-order valence-corrected chi connectivity index (χ1v) is 10.7. The second-order valence-corrected chi connectivity index (χ2v) is 8.17. The van der Waals surface area contributed by atoms with Crippen LogP contribution in [0.5, 0.6) is 0 Å². The number of rotatable bonds is 7. The zero-order chi connectivity index (χ0) is 20.9. The lowest BCUT2D eigenvalue weighted by Gasteiger charge is -2.06. The van der Waals surface area contributed by atoms with Gasteiger partial charge in [0.1, 0.15) is 0 Å². The fourth-order valence-corrected chi connectivity index (χ4v) is 4.01.